The van der Waals surface area contributed by atoms with Gasteiger partial charge in [-0.25, -0.2) is 0 Å². The number of hydrogen-bond acceptors (Lipinski definition) is 1. The first-order valence-electron chi connectivity index (χ1n) is 4.70. The van der Waals surface area contributed by atoms with Gasteiger partial charge in [0.1, 0.15) is 0 Å². The number of alkyl halides is 1. The molecule has 0 aliphatic heterocycles. The van der Waals surface area contributed by atoms with E-state index in [2.05, 4.69) is 6.92 Å². The van der Waals surface area contributed by atoms with Gasteiger partial charge in [-0.1, -0.05) is 26.2 Å². The van der Waals surface area contributed by atoms with Crippen LogP contribution in [0.4, 0.5) is 0 Å². The van der Waals surface area contributed by atoms with Crippen LogP contribution in [-0.4, -0.2) is 19.4 Å². The van der Waals surface area contributed by atoms with Gasteiger partial charge in [-0.05, 0) is 6.42 Å². The van der Waals surface area contributed by atoms with E-state index in [0.717, 1.165) is 6.42 Å². The highest BCUT2D eigenvalue weighted by molar-refractivity contribution is 7.42. The van der Waals surface area contributed by atoms with Gasteiger partial charge in [-0.2, -0.15) is 0 Å². The fraction of sp³-hybridized carbons (Fsp3) is 1.00. The molecule has 0 radical (unpaired) electrons. The lowest BCUT2D eigenvalue weighted by atomic mass is 10.2. The molecule has 0 unspecified atom stereocenters. The average Bonchev–Trinajstić information content (AvgIpc) is 2.04. The fourth-order valence-electron chi connectivity index (χ4n) is 0.933. The summed E-state index contributed by atoms with van der Waals surface area (Å²) in [5, 5.41) is 0. The Morgan fingerprint density at radius 3 is 2.38 bits per heavy atom. The summed E-state index contributed by atoms with van der Waals surface area (Å²) in [5.41, 5.74) is 0. The molecule has 13 heavy (non-hydrogen) atoms. The molecule has 0 aliphatic rings. The summed E-state index contributed by atoms with van der Waals surface area (Å²) < 4.78 is 5.40. The Morgan fingerprint density at radius 1 is 1.15 bits per heavy atom. The van der Waals surface area contributed by atoms with E-state index in [1.54, 1.807) is 0 Å². The highest BCUT2D eigenvalue weighted by Gasteiger charge is 2.29. The zero-order chi connectivity index (χ0) is 10.2. The molecule has 0 aromatic carbocycles. The zero-order valence-electron chi connectivity index (χ0n) is 7.99. The van der Waals surface area contributed by atoms with Crippen molar-refractivity contribution in [2.24, 2.45) is 0 Å². The van der Waals surface area contributed by atoms with Crippen LogP contribution in [0.5, 0.6) is 0 Å². The predicted molar refractivity (Wildman–Crippen MR) is 63.1 cm³/mol. The Hall–Kier alpha value is 1.05. The lowest BCUT2D eigenvalue weighted by Crippen LogP contribution is -2.25. The van der Waals surface area contributed by atoms with E-state index in [-0.39, 0.29) is 0 Å². The van der Waals surface area contributed by atoms with E-state index in [1.807, 2.05) is 0 Å². The molecule has 0 atom stereocenters. The minimum Gasteiger partial charge on any atom is -0.392 e. The molecule has 0 N–H and O–H groups in total. The molecule has 1 nitrogen and oxygen atoms in total. The third kappa shape index (κ3) is 9.35. The molecule has 0 heterocycles. The van der Waals surface area contributed by atoms with E-state index in [9.17, 15) is 0 Å². The lowest BCUT2D eigenvalue weighted by Gasteiger charge is -2.15. The Bertz CT molecular complexity index is 122. The molecule has 0 aromatic rings. The van der Waals surface area contributed by atoms with Crippen molar-refractivity contribution in [3.8, 4) is 0 Å². The van der Waals surface area contributed by atoms with Crippen molar-refractivity contribution in [1.29, 1.82) is 0 Å². The van der Waals surface area contributed by atoms with Crippen molar-refractivity contribution in [1.82, 2.24) is 0 Å². The van der Waals surface area contributed by atoms with Gasteiger partial charge >= 0.3 is 6.94 Å². The average molecular weight is 264 g/mol. The quantitative estimate of drug-likeness (QED) is 0.275. The minimum atomic E-state index is -2.45. The molecule has 0 saturated carbocycles. The highest BCUT2D eigenvalue weighted by atomic mass is 35.7. The van der Waals surface area contributed by atoms with Crippen LogP contribution < -0.4 is 0 Å². The topological polar surface area (TPSA) is 9.23 Å². The Kier molecular flexibility index (Phi) is 9.04. The Morgan fingerprint density at radius 2 is 1.85 bits per heavy atom. The van der Waals surface area contributed by atoms with Gasteiger partial charge in [0.15, 0.2) is 0 Å². The number of hydrogen-bond donors (Lipinski definition) is 0. The zero-order valence-corrected chi connectivity index (χ0v) is 11.3. The van der Waals surface area contributed by atoms with Crippen molar-refractivity contribution >= 4 is 40.7 Å². The normalized spacial score (nSPS) is 12.0. The first-order chi connectivity index (χ1) is 6.12. The summed E-state index contributed by atoms with van der Waals surface area (Å²) in [6.45, 7) is 0.403. The molecule has 0 rings (SSSR count). The number of halogens is 3. The molecule has 0 spiro atoms. The molecule has 0 saturated heterocycles. The van der Waals surface area contributed by atoms with E-state index in [4.69, 9.17) is 38.2 Å². The van der Waals surface area contributed by atoms with Crippen molar-refractivity contribution < 1.29 is 4.43 Å². The summed E-state index contributed by atoms with van der Waals surface area (Å²) in [7, 11) is 0. The summed E-state index contributed by atoms with van der Waals surface area (Å²) in [6, 6.07) is 0.603. The van der Waals surface area contributed by atoms with Gasteiger partial charge < -0.3 is 4.43 Å². The fourth-order valence-corrected chi connectivity index (χ4v) is 4.15. The van der Waals surface area contributed by atoms with Crippen molar-refractivity contribution in [3.63, 3.8) is 0 Å². The van der Waals surface area contributed by atoms with Crippen molar-refractivity contribution in [2.45, 2.75) is 38.7 Å². The van der Waals surface area contributed by atoms with Crippen LogP contribution in [0.25, 0.3) is 0 Å². The van der Waals surface area contributed by atoms with Crippen LogP contribution in [0.2, 0.25) is 6.04 Å². The molecule has 0 aliphatic carbocycles. The summed E-state index contributed by atoms with van der Waals surface area (Å²) >= 11 is 17.4. The highest BCUT2D eigenvalue weighted by Crippen LogP contribution is 2.22. The van der Waals surface area contributed by atoms with Crippen molar-refractivity contribution in [2.75, 3.05) is 12.5 Å². The lowest BCUT2D eigenvalue weighted by molar-refractivity contribution is 0.311. The van der Waals surface area contributed by atoms with E-state index in [0.29, 0.717) is 18.5 Å². The van der Waals surface area contributed by atoms with Crippen LogP contribution in [0.1, 0.15) is 32.6 Å². The van der Waals surface area contributed by atoms with Gasteiger partial charge in [0.25, 0.3) is 0 Å². The Labute approximate surface area is 96.2 Å². The van der Waals surface area contributed by atoms with E-state index < -0.39 is 6.94 Å². The monoisotopic (exact) mass is 262 g/mol. The molecular formula is C8H17Cl3OSi. The standard InChI is InChI=1S/C8H17Cl3OSi/c1-2-3-4-5-7-12-13(10,11)8-6-9/h2-8H2,1H3. The summed E-state index contributed by atoms with van der Waals surface area (Å²) in [6.07, 6.45) is 4.71. The first kappa shape index (κ1) is 14.0. The van der Waals surface area contributed by atoms with Gasteiger partial charge in [0.05, 0.1) is 0 Å². The van der Waals surface area contributed by atoms with Crippen molar-refractivity contribution in [3.05, 3.63) is 0 Å². The van der Waals surface area contributed by atoms with Crippen LogP contribution in [0.15, 0.2) is 0 Å². The van der Waals surface area contributed by atoms with E-state index in [1.165, 1.54) is 19.3 Å². The maximum Gasteiger partial charge on any atom is 0.390 e. The predicted octanol–water partition coefficient (Wildman–Crippen LogP) is 4.24. The second-order valence-corrected chi connectivity index (χ2v) is 9.67. The smallest absolute Gasteiger partial charge is 0.390 e. The third-order valence-electron chi connectivity index (χ3n) is 1.70. The number of rotatable bonds is 8. The third-order valence-corrected chi connectivity index (χ3v) is 5.45. The van der Waals surface area contributed by atoms with Gasteiger partial charge in [-0.3, -0.25) is 0 Å². The molecule has 0 bridgehead atoms. The summed E-state index contributed by atoms with van der Waals surface area (Å²) in [4.78, 5) is 0. The van der Waals surface area contributed by atoms with Gasteiger partial charge in [0.2, 0.25) is 0 Å². The minimum absolute atomic E-state index is 0.480. The molecule has 0 fully saturated rings. The molecule has 5 heteroatoms. The second kappa shape index (κ2) is 8.36. The largest absolute Gasteiger partial charge is 0.392 e. The Balaban J connectivity index is 3.29. The van der Waals surface area contributed by atoms with Gasteiger partial charge in [0, 0.05) is 18.5 Å². The molecule has 80 valence electrons. The molecule has 0 amide bonds. The SMILES string of the molecule is CCCCCCO[Si](Cl)(Cl)CCCl. The van der Waals surface area contributed by atoms with Crippen LogP contribution in [0, 0.1) is 0 Å². The maximum atomic E-state index is 5.95. The molecular weight excluding hydrogens is 247 g/mol. The van der Waals surface area contributed by atoms with E-state index >= 15 is 0 Å². The maximum absolute atomic E-state index is 5.95. The summed E-state index contributed by atoms with van der Waals surface area (Å²) in [5.74, 6) is 0.480. The van der Waals surface area contributed by atoms with Crippen LogP contribution in [-0.2, 0) is 4.43 Å². The second-order valence-electron chi connectivity index (χ2n) is 2.99. The molecule has 0 aromatic heterocycles. The van der Waals surface area contributed by atoms with Gasteiger partial charge in [-0.15, -0.1) is 33.8 Å². The number of unbranched alkanes of at least 4 members (excludes halogenated alkanes) is 3. The van der Waals surface area contributed by atoms with Crippen LogP contribution in [0.3, 0.4) is 0 Å². The first-order valence-corrected chi connectivity index (χ1v) is 9.37. The van der Waals surface area contributed by atoms with Crippen LogP contribution >= 0.6 is 33.8 Å².